The molecule has 3 nitrogen and oxygen atoms in total. The molecule has 1 fully saturated rings. The number of nitrogens with zero attached hydrogens (tertiary/aromatic N) is 1. The second-order valence-corrected chi connectivity index (χ2v) is 6.06. The molecule has 2 rings (SSSR count). The number of aryl methyl sites for hydroxylation is 1. The number of likely N-dealkylation sites (N-methyl/N-ethyl adjacent to an activating group) is 1. The van der Waals surface area contributed by atoms with Gasteiger partial charge in [-0.3, -0.25) is 0 Å². The van der Waals surface area contributed by atoms with Crippen molar-refractivity contribution >= 4 is 5.69 Å². The summed E-state index contributed by atoms with van der Waals surface area (Å²) in [7, 11) is 2.16. The SMILES string of the molecule is CCCNCC1CCC(CN(C)c2ccc(CC)cc2)O1. The van der Waals surface area contributed by atoms with Crippen LogP contribution in [-0.4, -0.2) is 38.9 Å². The maximum Gasteiger partial charge on any atom is 0.0755 e. The van der Waals surface area contributed by atoms with Gasteiger partial charge in [0.2, 0.25) is 0 Å². The smallest absolute Gasteiger partial charge is 0.0755 e. The molecular weight excluding hydrogens is 260 g/mol. The van der Waals surface area contributed by atoms with Gasteiger partial charge in [0.15, 0.2) is 0 Å². The monoisotopic (exact) mass is 290 g/mol. The number of benzene rings is 1. The summed E-state index contributed by atoms with van der Waals surface area (Å²) in [4.78, 5) is 2.31. The van der Waals surface area contributed by atoms with E-state index in [-0.39, 0.29) is 0 Å². The van der Waals surface area contributed by atoms with E-state index in [0.29, 0.717) is 12.2 Å². The summed E-state index contributed by atoms with van der Waals surface area (Å²) in [6.45, 7) is 7.46. The zero-order valence-corrected chi connectivity index (χ0v) is 13.8. The molecule has 1 N–H and O–H groups in total. The third kappa shape index (κ3) is 5.01. The minimum Gasteiger partial charge on any atom is -0.372 e. The standard InChI is InChI=1S/C18H30N2O/c1-4-12-19-13-17-10-11-18(21-17)14-20(3)16-8-6-15(5-2)7-9-16/h6-9,17-19H,4-5,10-14H2,1-3H3. The summed E-state index contributed by atoms with van der Waals surface area (Å²) in [5.41, 5.74) is 2.68. The Bertz CT molecular complexity index is 404. The lowest BCUT2D eigenvalue weighted by Gasteiger charge is -2.23. The Labute approximate surface area is 129 Å². The Morgan fingerprint density at radius 1 is 1.14 bits per heavy atom. The summed E-state index contributed by atoms with van der Waals surface area (Å²) in [5, 5.41) is 3.46. The van der Waals surface area contributed by atoms with Crippen LogP contribution in [0.15, 0.2) is 24.3 Å². The van der Waals surface area contributed by atoms with Crippen molar-refractivity contribution in [1.82, 2.24) is 5.32 Å². The molecule has 0 saturated carbocycles. The highest BCUT2D eigenvalue weighted by molar-refractivity contribution is 5.47. The topological polar surface area (TPSA) is 24.5 Å². The number of rotatable bonds is 8. The minimum absolute atomic E-state index is 0.370. The van der Waals surface area contributed by atoms with Crippen molar-refractivity contribution in [3.63, 3.8) is 0 Å². The third-order valence-corrected chi connectivity index (χ3v) is 4.26. The second-order valence-electron chi connectivity index (χ2n) is 6.06. The quantitative estimate of drug-likeness (QED) is 0.744. The van der Waals surface area contributed by atoms with E-state index in [1.54, 1.807) is 0 Å². The molecule has 1 saturated heterocycles. The first-order valence-corrected chi connectivity index (χ1v) is 8.39. The van der Waals surface area contributed by atoms with Crippen LogP contribution >= 0.6 is 0 Å². The Morgan fingerprint density at radius 3 is 2.52 bits per heavy atom. The summed E-state index contributed by atoms with van der Waals surface area (Å²) >= 11 is 0. The van der Waals surface area contributed by atoms with E-state index in [0.717, 1.165) is 26.1 Å². The van der Waals surface area contributed by atoms with E-state index in [1.807, 2.05) is 0 Å². The molecule has 1 aromatic rings. The fourth-order valence-electron chi connectivity index (χ4n) is 2.90. The lowest BCUT2D eigenvalue weighted by atomic mass is 10.1. The van der Waals surface area contributed by atoms with E-state index in [4.69, 9.17) is 4.74 Å². The Hall–Kier alpha value is -1.06. The molecule has 1 heterocycles. The number of anilines is 1. The van der Waals surface area contributed by atoms with Gasteiger partial charge in [0, 0.05) is 25.8 Å². The summed E-state index contributed by atoms with van der Waals surface area (Å²) in [6, 6.07) is 8.87. The second kappa shape index (κ2) is 8.40. The van der Waals surface area contributed by atoms with E-state index in [9.17, 15) is 0 Å². The molecule has 1 aromatic carbocycles. The lowest BCUT2D eigenvalue weighted by Crippen LogP contribution is -2.32. The fraction of sp³-hybridized carbons (Fsp3) is 0.667. The number of nitrogens with one attached hydrogen (secondary N) is 1. The Morgan fingerprint density at radius 2 is 1.86 bits per heavy atom. The van der Waals surface area contributed by atoms with Gasteiger partial charge in [-0.2, -0.15) is 0 Å². The largest absolute Gasteiger partial charge is 0.372 e. The van der Waals surface area contributed by atoms with Crippen LogP contribution in [0.3, 0.4) is 0 Å². The van der Waals surface area contributed by atoms with E-state index in [1.165, 1.54) is 30.5 Å². The summed E-state index contributed by atoms with van der Waals surface area (Å²) < 4.78 is 6.14. The number of hydrogen-bond donors (Lipinski definition) is 1. The van der Waals surface area contributed by atoms with Gasteiger partial charge in [-0.1, -0.05) is 26.0 Å². The lowest BCUT2D eigenvalue weighted by molar-refractivity contribution is 0.0501. The van der Waals surface area contributed by atoms with Gasteiger partial charge >= 0.3 is 0 Å². The Kier molecular flexibility index (Phi) is 6.52. The third-order valence-electron chi connectivity index (χ3n) is 4.26. The van der Waals surface area contributed by atoms with Gasteiger partial charge < -0.3 is 15.0 Å². The number of ether oxygens (including phenoxy) is 1. The van der Waals surface area contributed by atoms with Gasteiger partial charge in [0.05, 0.1) is 12.2 Å². The Balaban J connectivity index is 1.76. The molecule has 2 atom stereocenters. The van der Waals surface area contributed by atoms with Crippen LogP contribution in [0.25, 0.3) is 0 Å². The van der Waals surface area contributed by atoms with Crippen molar-refractivity contribution in [2.24, 2.45) is 0 Å². The molecule has 0 amide bonds. The van der Waals surface area contributed by atoms with E-state index >= 15 is 0 Å². The van der Waals surface area contributed by atoms with Crippen LogP contribution in [0.5, 0.6) is 0 Å². The highest BCUT2D eigenvalue weighted by Gasteiger charge is 2.25. The van der Waals surface area contributed by atoms with Crippen molar-refractivity contribution in [1.29, 1.82) is 0 Å². The molecule has 21 heavy (non-hydrogen) atoms. The molecule has 2 unspecified atom stereocenters. The molecule has 1 aliphatic rings. The van der Waals surface area contributed by atoms with E-state index < -0.39 is 0 Å². The maximum atomic E-state index is 6.14. The van der Waals surface area contributed by atoms with Crippen molar-refractivity contribution in [2.45, 2.75) is 51.7 Å². The van der Waals surface area contributed by atoms with Gasteiger partial charge in [-0.25, -0.2) is 0 Å². The molecule has 118 valence electrons. The predicted molar refractivity (Wildman–Crippen MR) is 90.1 cm³/mol. The first kappa shape index (κ1) is 16.3. The zero-order valence-electron chi connectivity index (χ0n) is 13.8. The molecule has 0 bridgehead atoms. The molecular formula is C18H30N2O. The van der Waals surface area contributed by atoms with Crippen LogP contribution in [0, 0.1) is 0 Å². The highest BCUT2D eigenvalue weighted by atomic mass is 16.5. The predicted octanol–water partition coefficient (Wildman–Crippen LogP) is 3.23. The van der Waals surface area contributed by atoms with Crippen molar-refractivity contribution in [3.8, 4) is 0 Å². The van der Waals surface area contributed by atoms with Crippen LogP contribution < -0.4 is 10.2 Å². The van der Waals surface area contributed by atoms with E-state index in [2.05, 4.69) is 55.4 Å². The number of hydrogen-bond acceptors (Lipinski definition) is 3. The van der Waals surface area contributed by atoms with Crippen LogP contribution in [0.2, 0.25) is 0 Å². The van der Waals surface area contributed by atoms with Crippen molar-refractivity contribution in [2.75, 3.05) is 31.6 Å². The van der Waals surface area contributed by atoms with Crippen LogP contribution in [-0.2, 0) is 11.2 Å². The van der Waals surface area contributed by atoms with Gasteiger partial charge in [-0.05, 0) is 49.9 Å². The first-order valence-electron chi connectivity index (χ1n) is 8.39. The zero-order chi connectivity index (χ0) is 15.1. The molecule has 0 aromatic heterocycles. The summed E-state index contributed by atoms with van der Waals surface area (Å²) in [5.74, 6) is 0. The highest BCUT2D eigenvalue weighted by Crippen LogP contribution is 2.22. The molecule has 0 spiro atoms. The minimum atomic E-state index is 0.370. The van der Waals surface area contributed by atoms with Gasteiger partial charge in [-0.15, -0.1) is 0 Å². The average molecular weight is 290 g/mol. The van der Waals surface area contributed by atoms with Crippen LogP contribution in [0.1, 0.15) is 38.7 Å². The average Bonchev–Trinajstić information content (AvgIpc) is 2.95. The maximum absolute atomic E-state index is 6.14. The van der Waals surface area contributed by atoms with Crippen molar-refractivity contribution in [3.05, 3.63) is 29.8 Å². The van der Waals surface area contributed by atoms with Crippen molar-refractivity contribution < 1.29 is 4.74 Å². The van der Waals surface area contributed by atoms with Crippen LogP contribution in [0.4, 0.5) is 5.69 Å². The molecule has 3 heteroatoms. The van der Waals surface area contributed by atoms with Gasteiger partial charge in [0.1, 0.15) is 0 Å². The molecule has 1 aliphatic heterocycles. The fourth-order valence-corrected chi connectivity index (χ4v) is 2.90. The molecule has 0 aliphatic carbocycles. The molecule has 0 radical (unpaired) electrons. The summed E-state index contributed by atoms with van der Waals surface area (Å²) in [6.07, 6.45) is 5.42. The normalized spacial score (nSPS) is 21.7. The first-order chi connectivity index (χ1) is 10.2. The van der Waals surface area contributed by atoms with Gasteiger partial charge in [0.25, 0.3) is 0 Å².